The molecular formula is C16H20BrNO2S. The lowest BCUT2D eigenvalue weighted by atomic mass is 9.97. The molecule has 1 aromatic carbocycles. The molecule has 0 aliphatic rings. The Hall–Kier alpha value is -1.04. The summed E-state index contributed by atoms with van der Waals surface area (Å²) in [5.41, 5.74) is 5.87. The van der Waals surface area contributed by atoms with Crippen molar-refractivity contribution in [3.8, 4) is 11.5 Å². The molecular weight excluding hydrogens is 350 g/mol. The molecule has 0 spiro atoms. The number of rotatable bonds is 6. The predicted molar refractivity (Wildman–Crippen MR) is 91.3 cm³/mol. The van der Waals surface area contributed by atoms with Crippen LogP contribution in [0.15, 0.2) is 40.2 Å². The maximum atomic E-state index is 6.19. The molecule has 1 aromatic heterocycles. The lowest BCUT2D eigenvalue weighted by Gasteiger charge is -2.26. The van der Waals surface area contributed by atoms with E-state index < -0.39 is 0 Å². The molecule has 0 aliphatic carbocycles. The van der Waals surface area contributed by atoms with Crippen molar-refractivity contribution in [3.05, 3.63) is 45.1 Å². The lowest BCUT2D eigenvalue weighted by molar-refractivity contribution is 0.169. The van der Waals surface area contributed by atoms with Crippen molar-refractivity contribution >= 4 is 27.3 Å². The van der Waals surface area contributed by atoms with Gasteiger partial charge in [-0.2, -0.15) is 0 Å². The number of nitrogens with two attached hydrogens (primary N) is 1. The number of benzene rings is 1. The molecule has 2 aromatic rings. The minimum Gasteiger partial charge on any atom is -0.497 e. The molecule has 0 amide bonds. The second kappa shape index (κ2) is 6.81. The van der Waals surface area contributed by atoms with E-state index in [4.69, 9.17) is 15.2 Å². The summed E-state index contributed by atoms with van der Waals surface area (Å²) in [5, 5.41) is 2.05. The molecule has 5 heteroatoms. The van der Waals surface area contributed by atoms with Crippen LogP contribution >= 0.6 is 27.3 Å². The predicted octanol–water partition coefficient (Wildman–Crippen LogP) is 4.77. The zero-order chi connectivity index (χ0) is 15.5. The van der Waals surface area contributed by atoms with Gasteiger partial charge >= 0.3 is 0 Å². The highest BCUT2D eigenvalue weighted by molar-refractivity contribution is 9.10. The largest absolute Gasteiger partial charge is 0.497 e. The van der Waals surface area contributed by atoms with Crippen molar-refractivity contribution in [2.24, 2.45) is 5.73 Å². The zero-order valence-electron chi connectivity index (χ0n) is 12.4. The van der Waals surface area contributed by atoms with Gasteiger partial charge in [-0.25, -0.2) is 0 Å². The van der Waals surface area contributed by atoms with E-state index in [0.717, 1.165) is 27.3 Å². The number of halogens is 1. The Morgan fingerprint density at radius 2 is 2.00 bits per heavy atom. The average molecular weight is 370 g/mol. The van der Waals surface area contributed by atoms with Crippen LogP contribution in [0.3, 0.4) is 0 Å². The molecule has 0 fully saturated rings. The molecule has 0 saturated carbocycles. The molecule has 1 unspecified atom stereocenters. The fraction of sp³-hybridized carbons (Fsp3) is 0.375. The summed E-state index contributed by atoms with van der Waals surface area (Å²) in [7, 11) is 1.65. The number of hydrogen-bond donors (Lipinski definition) is 1. The van der Waals surface area contributed by atoms with Crippen molar-refractivity contribution in [2.75, 3.05) is 7.11 Å². The highest BCUT2D eigenvalue weighted by atomic mass is 79.9. The number of thiophene rings is 1. The summed E-state index contributed by atoms with van der Waals surface area (Å²) in [6.07, 6.45) is 0.634. The van der Waals surface area contributed by atoms with Crippen molar-refractivity contribution in [1.82, 2.24) is 0 Å². The summed E-state index contributed by atoms with van der Waals surface area (Å²) >= 11 is 5.25. The van der Waals surface area contributed by atoms with Gasteiger partial charge in [-0.1, -0.05) is 6.07 Å². The van der Waals surface area contributed by atoms with E-state index in [-0.39, 0.29) is 11.6 Å². The van der Waals surface area contributed by atoms with Gasteiger partial charge in [0.15, 0.2) is 0 Å². The molecule has 3 nitrogen and oxygen atoms in total. The van der Waals surface area contributed by atoms with E-state index in [1.165, 1.54) is 0 Å². The minimum atomic E-state index is -0.313. The molecule has 21 heavy (non-hydrogen) atoms. The minimum absolute atomic E-state index is 0.0912. The highest BCUT2D eigenvalue weighted by Crippen LogP contribution is 2.37. The normalized spacial score (nSPS) is 13.0. The fourth-order valence-corrected chi connectivity index (χ4v) is 3.70. The standard InChI is InChI=1S/C16H20BrNO2S/c1-16(2,18)10-14(15-13(17)7-8-21-15)20-12-6-4-5-11(9-12)19-3/h4-9,14H,10,18H2,1-3H3. The Kier molecular flexibility index (Phi) is 5.30. The summed E-state index contributed by atoms with van der Waals surface area (Å²) < 4.78 is 12.5. The van der Waals surface area contributed by atoms with E-state index in [2.05, 4.69) is 15.9 Å². The number of hydrogen-bond acceptors (Lipinski definition) is 4. The average Bonchev–Trinajstić information content (AvgIpc) is 2.83. The first-order chi connectivity index (χ1) is 9.89. The second-order valence-corrected chi connectivity index (χ2v) is 7.41. The van der Waals surface area contributed by atoms with E-state index >= 15 is 0 Å². The Bertz CT molecular complexity index is 592. The van der Waals surface area contributed by atoms with Gasteiger partial charge in [0, 0.05) is 22.5 Å². The summed E-state index contributed by atoms with van der Waals surface area (Å²) in [6, 6.07) is 9.67. The summed E-state index contributed by atoms with van der Waals surface area (Å²) in [5.74, 6) is 1.56. The van der Waals surface area contributed by atoms with Gasteiger partial charge in [0.25, 0.3) is 0 Å². The SMILES string of the molecule is COc1cccc(OC(CC(C)(C)N)c2sccc2Br)c1. The van der Waals surface area contributed by atoms with Crippen LogP contribution in [-0.2, 0) is 0 Å². The van der Waals surface area contributed by atoms with E-state index in [9.17, 15) is 0 Å². The summed E-state index contributed by atoms with van der Waals surface area (Å²) in [4.78, 5) is 1.15. The van der Waals surface area contributed by atoms with Crippen LogP contribution in [0.2, 0.25) is 0 Å². The zero-order valence-corrected chi connectivity index (χ0v) is 14.8. The van der Waals surface area contributed by atoms with Crippen molar-refractivity contribution in [3.63, 3.8) is 0 Å². The van der Waals surface area contributed by atoms with Gasteiger partial charge < -0.3 is 15.2 Å². The van der Waals surface area contributed by atoms with Crippen LogP contribution in [0.25, 0.3) is 0 Å². The van der Waals surface area contributed by atoms with Gasteiger partial charge in [0.1, 0.15) is 17.6 Å². The van der Waals surface area contributed by atoms with Crippen molar-refractivity contribution < 1.29 is 9.47 Å². The smallest absolute Gasteiger partial charge is 0.136 e. The van der Waals surface area contributed by atoms with E-state index in [1.807, 2.05) is 49.6 Å². The van der Waals surface area contributed by atoms with Gasteiger partial charge in [-0.05, 0) is 53.4 Å². The third kappa shape index (κ3) is 4.73. The van der Waals surface area contributed by atoms with Gasteiger partial charge in [0.05, 0.1) is 12.0 Å². The molecule has 2 N–H and O–H groups in total. The molecule has 1 atom stereocenters. The molecule has 0 radical (unpaired) electrons. The van der Waals surface area contributed by atoms with Gasteiger partial charge in [-0.15, -0.1) is 11.3 Å². The molecule has 114 valence electrons. The Balaban J connectivity index is 2.25. The molecule has 0 bridgehead atoms. The molecule has 2 rings (SSSR count). The van der Waals surface area contributed by atoms with Crippen LogP contribution in [-0.4, -0.2) is 12.6 Å². The van der Waals surface area contributed by atoms with Crippen LogP contribution < -0.4 is 15.2 Å². The third-order valence-corrected chi connectivity index (χ3v) is 4.93. The summed E-state index contributed by atoms with van der Waals surface area (Å²) in [6.45, 7) is 4.02. The van der Waals surface area contributed by atoms with E-state index in [1.54, 1.807) is 18.4 Å². The van der Waals surface area contributed by atoms with Gasteiger partial charge in [-0.3, -0.25) is 0 Å². The Morgan fingerprint density at radius 3 is 2.57 bits per heavy atom. The quantitative estimate of drug-likeness (QED) is 0.797. The van der Waals surface area contributed by atoms with E-state index in [0.29, 0.717) is 0 Å². The molecule has 0 saturated heterocycles. The maximum absolute atomic E-state index is 6.19. The van der Waals surface area contributed by atoms with Crippen LogP contribution in [0, 0.1) is 0 Å². The maximum Gasteiger partial charge on any atom is 0.136 e. The van der Waals surface area contributed by atoms with Crippen molar-refractivity contribution in [2.45, 2.75) is 31.9 Å². The fourth-order valence-electron chi connectivity index (χ4n) is 2.04. The Labute approximate surface area is 138 Å². The van der Waals surface area contributed by atoms with Crippen LogP contribution in [0.5, 0.6) is 11.5 Å². The van der Waals surface area contributed by atoms with Gasteiger partial charge in [0.2, 0.25) is 0 Å². The molecule has 1 heterocycles. The monoisotopic (exact) mass is 369 g/mol. The van der Waals surface area contributed by atoms with Crippen LogP contribution in [0.1, 0.15) is 31.2 Å². The number of ether oxygens (including phenoxy) is 2. The first-order valence-electron chi connectivity index (χ1n) is 6.71. The van der Waals surface area contributed by atoms with Crippen molar-refractivity contribution in [1.29, 1.82) is 0 Å². The third-order valence-electron chi connectivity index (χ3n) is 2.97. The Morgan fingerprint density at radius 1 is 1.29 bits per heavy atom. The number of methoxy groups -OCH3 is 1. The first kappa shape index (κ1) is 16.3. The molecule has 0 aliphatic heterocycles. The highest BCUT2D eigenvalue weighted by Gasteiger charge is 2.25. The first-order valence-corrected chi connectivity index (χ1v) is 8.39. The second-order valence-electron chi connectivity index (χ2n) is 5.61. The lowest BCUT2D eigenvalue weighted by Crippen LogP contribution is -2.35. The topological polar surface area (TPSA) is 44.5 Å². The van der Waals surface area contributed by atoms with Crippen LogP contribution in [0.4, 0.5) is 0 Å².